The molecule has 0 amide bonds. The molecular weight excluding hydrogens is 252 g/mol. The quantitative estimate of drug-likeness (QED) is 0.780. The van der Waals surface area contributed by atoms with Crippen LogP contribution in [0, 0.1) is 0 Å². The molecule has 0 unspecified atom stereocenters. The van der Waals surface area contributed by atoms with Crippen LogP contribution in [0.3, 0.4) is 0 Å². The van der Waals surface area contributed by atoms with E-state index in [2.05, 4.69) is 0 Å². The van der Waals surface area contributed by atoms with Crippen LogP contribution in [0.25, 0.3) is 0 Å². The van der Waals surface area contributed by atoms with E-state index in [0.29, 0.717) is 6.61 Å². The SMILES string of the molecule is CCOC(=O)C1(c2ccc(S(C)(=O)=O)cc2)CC1. The fourth-order valence-corrected chi connectivity index (χ4v) is 2.66. The maximum atomic E-state index is 11.9. The second-order valence-electron chi connectivity index (χ2n) is 4.60. The van der Waals surface area contributed by atoms with Gasteiger partial charge in [-0.1, -0.05) is 12.1 Å². The van der Waals surface area contributed by atoms with Crippen molar-refractivity contribution in [2.24, 2.45) is 0 Å². The number of sulfone groups is 1. The molecule has 1 aromatic rings. The molecule has 18 heavy (non-hydrogen) atoms. The Morgan fingerprint density at radius 2 is 1.83 bits per heavy atom. The molecule has 2 rings (SSSR count). The van der Waals surface area contributed by atoms with Crippen LogP contribution in [0.2, 0.25) is 0 Å². The van der Waals surface area contributed by atoms with Gasteiger partial charge in [-0.2, -0.15) is 0 Å². The van der Waals surface area contributed by atoms with Gasteiger partial charge in [0.05, 0.1) is 16.9 Å². The molecule has 0 aromatic heterocycles. The minimum Gasteiger partial charge on any atom is -0.465 e. The smallest absolute Gasteiger partial charge is 0.316 e. The molecule has 4 nitrogen and oxygen atoms in total. The lowest BCUT2D eigenvalue weighted by molar-refractivity contribution is -0.146. The highest BCUT2D eigenvalue weighted by atomic mass is 32.2. The number of esters is 1. The second kappa shape index (κ2) is 4.39. The Morgan fingerprint density at radius 1 is 1.28 bits per heavy atom. The first-order valence-electron chi connectivity index (χ1n) is 5.88. The average molecular weight is 268 g/mol. The zero-order valence-electron chi connectivity index (χ0n) is 10.5. The first-order valence-corrected chi connectivity index (χ1v) is 7.77. The van der Waals surface area contributed by atoms with E-state index in [1.807, 2.05) is 0 Å². The number of ether oxygens (including phenoxy) is 1. The molecule has 0 radical (unpaired) electrons. The van der Waals surface area contributed by atoms with Gasteiger partial charge in [0.15, 0.2) is 9.84 Å². The third-order valence-corrected chi connectivity index (χ3v) is 4.38. The molecule has 0 heterocycles. The number of rotatable bonds is 4. The Morgan fingerprint density at radius 3 is 2.22 bits per heavy atom. The van der Waals surface area contributed by atoms with E-state index in [4.69, 9.17) is 4.74 Å². The van der Waals surface area contributed by atoms with E-state index in [-0.39, 0.29) is 10.9 Å². The molecule has 0 aliphatic heterocycles. The Labute approximate surface area is 107 Å². The molecule has 5 heteroatoms. The molecule has 1 aliphatic carbocycles. The largest absolute Gasteiger partial charge is 0.465 e. The lowest BCUT2D eigenvalue weighted by atomic mass is 9.96. The van der Waals surface area contributed by atoms with E-state index in [1.165, 1.54) is 6.26 Å². The molecule has 1 aromatic carbocycles. The fraction of sp³-hybridized carbons (Fsp3) is 0.462. The van der Waals surface area contributed by atoms with Gasteiger partial charge in [0, 0.05) is 6.26 Å². The van der Waals surface area contributed by atoms with Crippen LogP contribution in [0.1, 0.15) is 25.3 Å². The van der Waals surface area contributed by atoms with Crippen LogP contribution in [-0.2, 0) is 24.8 Å². The summed E-state index contributed by atoms with van der Waals surface area (Å²) < 4.78 is 27.8. The highest BCUT2D eigenvalue weighted by molar-refractivity contribution is 7.90. The van der Waals surface area contributed by atoms with E-state index < -0.39 is 15.3 Å². The predicted octanol–water partition coefficient (Wildman–Crippen LogP) is 1.68. The van der Waals surface area contributed by atoms with E-state index >= 15 is 0 Å². The first kappa shape index (κ1) is 13.1. The number of carbonyl (C=O) groups is 1. The van der Waals surface area contributed by atoms with Gasteiger partial charge in [-0.05, 0) is 37.5 Å². The Bertz CT molecular complexity index is 553. The van der Waals surface area contributed by atoms with Gasteiger partial charge in [-0.15, -0.1) is 0 Å². The Kier molecular flexibility index (Phi) is 3.19. The number of benzene rings is 1. The lowest BCUT2D eigenvalue weighted by Gasteiger charge is -2.14. The van der Waals surface area contributed by atoms with Crippen molar-refractivity contribution in [1.82, 2.24) is 0 Å². The lowest BCUT2D eigenvalue weighted by Crippen LogP contribution is -2.23. The van der Waals surface area contributed by atoms with Crippen molar-refractivity contribution >= 4 is 15.8 Å². The van der Waals surface area contributed by atoms with Gasteiger partial charge in [0.2, 0.25) is 0 Å². The third kappa shape index (κ3) is 2.27. The summed E-state index contributed by atoms with van der Waals surface area (Å²) in [7, 11) is -3.19. The topological polar surface area (TPSA) is 60.4 Å². The van der Waals surface area contributed by atoms with Gasteiger partial charge < -0.3 is 4.74 Å². The molecule has 1 saturated carbocycles. The monoisotopic (exact) mass is 268 g/mol. The summed E-state index contributed by atoms with van der Waals surface area (Å²) in [5, 5.41) is 0. The minimum atomic E-state index is -3.19. The highest BCUT2D eigenvalue weighted by Gasteiger charge is 2.52. The van der Waals surface area contributed by atoms with Crippen LogP contribution >= 0.6 is 0 Å². The van der Waals surface area contributed by atoms with E-state index in [0.717, 1.165) is 18.4 Å². The molecule has 0 N–H and O–H groups in total. The van der Waals surface area contributed by atoms with Crippen LogP contribution in [0.4, 0.5) is 0 Å². The van der Waals surface area contributed by atoms with Crippen molar-refractivity contribution in [1.29, 1.82) is 0 Å². The van der Waals surface area contributed by atoms with Crippen LogP contribution < -0.4 is 0 Å². The summed E-state index contributed by atoms with van der Waals surface area (Å²) >= 11 is 0. The van der Waals surface area contributed by atoms with Gasteiger partial charge in [-0.3, -0.25) is 4.79 Å². The van der Waals surface area contributed by atoms with Crippen LogP contribution in [-0.4, -0.2) is 27.2 Å². The average Bonchev–Trinajstić information content (AvgIpc) is 3.09. The molecular formula is C13H16O4S. The van der Waals surface area contributed by atoms with Crippen molar-refractivity contribution in [2.45, 2.75) is 30.1 Å². The summed E-state index contributed by atoms with van der Waals surface area (Å²) in [5.74, 6) is -0.211. The molecule has 0 spiro atoms. The third-order valence-electron chi connectivity index (χ3n) is 3.25. The van der Waals surface area contributed by atoms with Gasteiger partial charge >= 0.3 is 5.97 Å². The first-order chi connectivity index (χ1) is 8.40. The van der Waals surface area contributed by atoms with Crippen LogP contribution in [0.5, 0.6) is 0 Å². The van der Waals surface area contributed by atoms with E-state index in [9.17, 15) is 13.2 Å². The maximum Gasteiger partial charge on any atom is 0.316 e. The van der Waals surface area contributed by atoms with E-state index in [1.54, 1.807) is 31.2 Å². The molecule has 1 aliphatic rings. The Balaban J connectivity index is 2.28. The minimum absolute atomic E-state index is 0.211. The highest BCUT2D eigenvalue weighted by Crippen LogP contribution is 2.49. The zero-order valence-corrected chi connectivity index (χ0v) is 11.3. The van der Waals surface area contributed by atoms with Crippen molar-refractivity contribution < 1.29 is 17.9 Å². The number of hydrogen-bond acceptors (Lipinski definition) is 4. The predicted molar refractivity (Wildman–Crippen MR) is 67.1 cm³/mol. The maximum absolute atomic E-state index is 11.9. The zero-order chi connectivity index (χ0) is 13.4. The van der Waals surface area contributed by atoms with Gasteiger partial charge in [0.1, 0.15) is 0 Å². The van der Waals surface area contributed by atoms with Crippen molar-refractivity contribution in [2.75, 3.05) is 12.9 Å². The normalized spacial score (nSPS) is 17.2. The second-order valence-corrected chi connectivity index (χ2v) is 6.61. The van der Waals surface area contributed by atoms with Gasteiger partial charge in [0.25, 0.3) is 0 Å². The van der Waals surface area contributed by atoms with Crippen molar-refractivity contribution in [3.05, 3.63) is 29.8 Å². The van der Waals surface area contributed by atoms with Crippen molar-refractivity contribution in [3.63, 3.8) is 0 Å². The summed E-state index contributed by atoms with van der Waals surface area (Å²) in [6, 6.07) is 6.51. The molecule has 0 bridgehead atoms. The Hall–Kier alpha value is -1.36. The summed E-state index contributed by atoms with van der Waals surface area (Å²) in [5.41, 5.74) is 0.305. The molecule has 0 saturated heterocycles. The standard InChI is InChI=1S/C13H16O4S/c1-3-17-12(14)13(8-9-13)10-4-6-11(7-5-10)18(2,15)16/h4-7H,3,8-9H2,1-2H3. The van der Waals surface area contributed by atoms with Crippen molar-refractivity contribution in [3.8, 4) is 0 Å². The summed E-state index contributed by atoms with van der Waals surface area (Å²) in [6.07, 6.45) is 2.70. The number of carbonyl (C=O) groups excluding carboxylic acids is 1. The molecule has 1 fully saturated rings. The molecule has 0 atom stereocenters. The van der Waals surface area contributed by atoms with Gasteiger partial charge in [-0.25, -0.2) is 8.42 Å². The summed E-state index contributed by atoms with van der Waals surface area (Å²) in [4.78, 5) is 12.1. The number of hydrogen-bond donors (Lipinski definition) is 0. The van der Waals surface area contributed by atoms with Crippen LogP contribution in [0.15, 0.2) is 29.2 Å². The molecule has 98 valence electrons. The fourth-order valence-electron chi connectivity index (χ4n) is 2.03. The summed E-state index contributed by atoms with van der Waals surface area (Å²) in [6.45, 7) is 2.14.